The summed E-state index contributed by atoms with van der Waals surface area (Å²) in [6, 6.07) is 17.5. The van der Waals surface area contributed by atoms with Gasteiger partial charge in [0.25, 0.3) is 0 Å². The van der Waals surface area contributed by atoms with Gasteiger partial charge in [-0.1, -0.05) is 30.3 Å². The van der Waals surface area contributed by atoms with Gasteiger partial charge in [-0.25, -0.2) is 4.98 Å². The Morgan fingerprint density at radius 3 is 2.50 bits per heavy atom. The highest BCUT2D eigenvalue weighted by molar-refractivity contribution is 7.09. The second kappa shape index (κ2) is 5.75. The summed E-state index contributed by atoms with van der Waals surface area (Å²) in [5.74, 6) is 0.802. The normalized spacial score (nSPS) is 10.4. The fourth-order valence-electron chi connectivity index (χ4n) is 1.83. The van der Waals surface area contributed by atoms with Crippen LogP contribution >= 0.6 is 11.3 Å². The molecule has 0 amide bonds. The van der Waals surface area contributed by atoms with Crippen molar-refractivity contribution < 1.29 is 4.74 Å². The van der Waals surface area contributed by atoms with Gasteiger partial charge in [-0.05, 0) is 24.3 Å². The Morgan fingerprint density at radius 1 is 1.00 bits per heavy atom. The number of nitrogen functional groups attached to an aromatic ring is 1. The highest BCUT2D eigenvalue weighted by Gasteiger charge is 2.04. The molecule has 0 spiro atoms. The summed E-state index contributed by atoms with van der Waals surface area (Å²) in [5, 5.41) is 3.01. The molecule has 0 saturated heterocycles. The molecule has 4 heteroatoms. The van der Waals surface area contributed by atoms with Crippen LogP contribution < -0.4 is 10.5 Å². The quantitative estimate of drug-likeness (QED) is 0.736. The third-order valence-electron chi connectivity index (χ3n) is 2.86. The second-order valence-electron chi connectivity index (χ2n) is 4.35. The van der Waals surface area contributed by atoms with Crippen LogP contribution in [-0.2, 0) is 6.61 Å². The molecular formula is C16H14N2OS. The Kier molecular flexibility index (Phi) is 3.65. The van der Waals surface area contributed by atoms with E-state index in [-0.39, 0.29) is 0 Å². The van der Waals surface area contributed by atoms with Crippen molar-refractivity contribution in [3.8, 4) is 17.0 Å². The van der Waals surface area contributed by atoms with Crippen molar-refractivity contribution in [2.75, 3.05) is 5.73 Å². The molecular weight excluding hydrogens is 268 g/mol. The summed E-state index contributed by atoms with van der Waals surface area (Å²) in [7, 11) is 0. The highest BCUT2D eigenvalue weighted by atomic mass is 32.1. The molecule has 3 rings (SSSR count). The SMILES string of the molecule is Nc1ccc(OCc2nc(-c3ccccc3)cs2)cc1. The van der Waals surface area contributed by atoms with E-state index in [1.165, 1.54) is 0 Å². The molecule has 0 radical (unpaired) electrons. The summed E-state index contributed by atoms with van der Waals surface area (Å²) < 4.78 is 5.69. The lowest BCUT2D eigenvalue weighted by Gasteiger charge is -2.03. The van der Waals surface area contributed by atoms with Crippen LogP contribution in [-0.4, -0.2) is 4.98 Å². The Morgan fingerprint density at radius 2 is 1.75 bits per heavy atom. The van der Waals surface area contributed by atoms with Crippen LogP contribution in [0.5, 0.6) is 5.75 Å². The van der Waals surface area contributed by atoms with Crippen molar-refractivity contribution in [3.05, 3.63) is 65.0 Å². The number of thiazole rings is 1. The molecule has 1 aromatic heterocycles. The van der Waals surface area contributed by atoms with Gasteiger partial charge in [-0.3, -0.25) is 0 Å². The predicted octanol–water partition coefficient (Wildman–Crippen LogP) is 3.97. The number of nitrogens with zero attached hydrogens (tertiary/aromatic N) is 1. The molecule has 3 aromatic rings. The number of benzene rings is 2. The molecule has 0 unspecified atom stereocenters. The molecule has 100 valence electrons. The molecule has 0 aliphatic rings. The van der Waals surface area contributed by atoms with E-state index in [1.807, 2.05) is 42.5 Å². The van der Waals surface area contributed by atoms with Crippen LogP contribution in [0.1, 0.15) is 5.01 Å². The maximum Gasteiger partial charge on any atom is 0.140 e. The van der Waals surface area contributed by atoms with E-state index in [0.717, 1.165) is 27.7 Å². The largest absolute Gasteiger partial charge is 0.486 e. The fourth-order valence-corrected chi connectivity index (χ4v) is 2.54. The van der Waals surface area contributed by atoms with Gasteiger partial charge in [0.15, 0.2) is 0 Å². The first kappa shape index (κ1) is 12.7. The van der Waals surface area contributed by atoms with Crippen LogP contribution in [0.15, 0.2) is 60.0 Å². The minimum Gasteiger partial charge on any atom is -0.486 e. The molecule has 0 aliphatic heterocycles. The monoisotopic (exact) mass is 282 g/mol. The van der Waals surface area contributed by atoms with Crippen LogP contribution in [0, 0.1) is 0 Å². The van der Waals surface area contributed by atoms with Gasteiger partial charge in [-0.2, -0.15) is 0 Å². The number of rotatable bonds is 4. The topological polar surface area (TPSA) is 48.1 Å². The predicted molar refractivity (Wildman–Crippen MR) is 82.7 cm³/mol. The molecule has 0 bridgehead atoms. The molecule has 0 saturated carbocycles. The Hall–Kier alpha value is -2.33. The average Bonchev–Trinajstić information content (AvgIpc) is 2.97. The van der Waals surface area contributed by atoms with Crippen molar-refractivity contribution >= 4 is 17.0 Å². The molecule has 3 nitrogen and oxygen atoms in total. The summed E-state index contributed by atoms with van der Waals surface area (Å²) in [4.78, 5) is 4.58. The lowest BCUT2D eigenvalue weighted by atomic mass is 10.2. The third kappa shape index (κ3) is 2.97. The number of nitrogens with two attached hydrogens (primary N) is 1. The van der Waals surface area contributed by atoms with Gasteiger partial charge in [0, 0.05) is 16.6 Å². The van der Waals surface area contributed by atoms with Crippen molar-refractivity contribution in [3.63, 3.8) is 0 Å². The summed E-state index contributed by atoms with van der Waals surface area (Å²) in [6.07, 6.45) is 0. The third-order valence-corrected chi connectivity index (χ3v) is 3.69. The molecule has 2 N–H and O–H groups in total. The maximum absolute atomic E-state index is 5.69. The fraction of sp³-hybridized carbons (Fsp3) is 0.0625. The Labute approximate surface area is 121 Å². The van der Waals surface area contributed by atoms with Crippen molar-refractivity contribution in [2.45, 2.75) is 6.61 Å². The van der Waals surface area contributed by atoms with Crippen molar-refractivity contribution in [2.24, 2.45) is 0 Å². The Balaban J connectivity index is 1.67. The van der Waals surface area contributed by atoms with Gasteiger partial charge in [0.05, 0.1) is 5.69 Å². The van der Waals surface area contributed by atoms with Gasteiger partial charge >= 0.3 is 0 Å². The van der Waals surface area contributed by atoms with Crippen molar-refractivity contribution in [1.29, 1.82) is 0 Å². The highest BCUT2D eigenvalue weighted by Crippen LogP contribution is 2.22. The smallest absolute Gasteiger partial charge is 0.140 e. The number of aromatic nitrogens is 1. The van der Waals surface area contributed by atoms with E-state index >= 15 is 0 Å². The Bertz CT molecular complexity index is 677. The maximum atomic E-state index is 5.69. The summed E-state index contributed by atoms with van der Waals surface area (Å²) >= 11 is 1.61. The standard InChI is InChI=1S/C16H14N2OS/c17-13-6-8-14(9-7-13)19-10-16-18-15(11-20-16)12-4-2-1-3-5-12/h1-9,11H,10,17H2. The average molecular weight is 282 g/mol. The van der Waals surface area contributed by atoms with Crippen molar-refractivity contribution in [1.82, 2.24) is 4.98 Å². The van der Waals surface area contributed by atoms with E-state index in [4.69, 9.17) is 10.5 Å². The van der Waals surface area contributed by atoms with Gasteiger partial charge < -0.3 is 10.5 Å². The number of ether oxygens (including phenoxy) is 1. The number of hydrogen-bond donors (Lipinski definition) is 1. The van der Waals surface area contributed by atoms with Gasteiger partial charge in [0.1, 0.15) is 17.4 Å². The van der Waals surface area contributed by atoms with Crippen LogP contribution in [0.2, 0.25) is 0 Å². The lowest BCUT2D eigenvalue weighted by Crippen LogP contribution is -1.95. The lowest BCUT2D eigenvalue weighted by molar-refractivity contribution is 0.305. The minimum atomic E-state index is 0.474. The zero-order valence-electron chi connectivity index (χ0n) is 10.8. The first-order valence-electron chi connectivity index (χ1n) is 6.29. The number of hydrogen-bond acceptors (Lipinski definition) is 4. The molecule has 0 fully saturated rings. The van der Waals surface area contributed by atoms with Crippen LogP contribution in [0.25, 0.3) is 11.3 Å². The molecule has 0 atom stereocenters. The van der Waals surface area contributed by atoms with Gasteiger partial charge in [0.2, 0.25) is 0 Å². The van der Waals surface area contributed by atoms with E-state index in [9.17, 15) is 0 Å². The molecule has 20 heavy (non-hydrogen) atoms. The van der Waals surface area contributed by atoms with E-state index in [1.54, 1.807) is 11.3 Å². The first-order chi connectivity index (χ1) is 9.81. The molecule has 1 heterocycles. The zero-order chi connectivity index (χ0) is 13.8. The van der Waals surface area contributed by atoms with Crippen LogP contribution in [0.3, 0.4) is 0 Å². The minimum absolute atomic E-state index is 0.474. The first-order valence-corrected chi connectivity index (χ1v) is 7.17. The summed E-state index contributed by atoms with van der Waals surface area (Å²) in [6.45, 7) is 0.474. The summed E-state index contributed by atoms with van der Waals surface area (Å²) in [5.41, 5.74) is 8.49. The van der Waals surface area contributed by atoms with E-state index in [0.29, 0.717) is 6.61 Å². The van der Waals surface area contributed by atoms with E-state index in [2.05, 4.69) is 22.5 Å². The zero-order valence-corrected chi connectivity index (χ0v) is 11.6. The van der Waals surface area contributed by atoms with Crippen LogP contribution in [0.4, 0.5) is 5.69 Å². The van der Waals surface area contributed by atoms with E-state index < -0.39 is 0 Å². The second-order valence-corrected chi connectivity index (χ2v) is 5.29. The molecule has 2 aromatic carbocycles. The van der Waals surface area contributed by atoms with Gasteiger partial charge in [-0.15, -0.1) is 11.3 Å². The molecule has 0 aliphatic carbocycles. The number of anilines is 1.